The molecule has 0 aliphatic rings. The largest absolute Gasteiger partial charge is 0.395 e. The summed E-state index contributed by atoms with van der Waals surface area (Å²) in [6.45, 7) is 6.48. The maximum absolute atomic E-state index is 11.3. The van der Waals surface area contributed by atoms with Crippen molar-refractivity contribution in [2.45, 2.75) is 32.9 Å². The molecule has 78 valence electrons. The Bertz CT molecular complexity index is 160. The summed E-state index contributed by atoms with van der Waals surface area (Å²) in [5.74, 6) is -0.0119. The number of amides is 1. The van der Waals surface area contributed by atoms with Gasteiger partial charge in [0.2, 0.25) is 5.91 Å². The Balaban J connectivity index is 4.26. The molecule has 0 aliphatic carbocycles. The normalized spacial score (nSPS) is 13.5. The second kappa shape index (κ2) is 5.94. The summed E-state index contributed by atoms with van der Waals surface area (Å²) >= 11 is 0. The van der Waals surface area contributed by atoms with Crippen LogP contribution in [0.1, 0.15) is 20.8 Å². The van der Waals surface area contributed by atoms with Crippen molar-refractivity contribution in [3.63, 3.8) is 0 Å². The van der Waals surface area contributed by atoms with Crippen molar-refractivity contribution in [1.29, 1.82) is 0 Å². The van der Waals surface area contributed by atoms with Crippen LogP contribution in [0.15, 0.2) is 0 Å². The zero-order valence-corrected chi connectivity index (χ0v) is 8.87. The van der Waals surface area contributed by atoms with Crippen molar-refractivity contribution in [1.82, 2.24) is 10.2 Å². The molecule has 1 unspecified atom stereocenters. The fraction of sp³-hybridized carbons (Fsp3) is 0.889. The SMILES string of the molecule is CNC(=O)C(C)N(CCO)C(C)C. The van der Waals surface area contributed by atoms with Crippen LogP contribution >= 0.6 is 0 Å². The predicted octanol–water partition coefficient (Wildman–Crippen LogP) is -0.176. The summed E-state index contributed by atoms with van der Waals surface area (Å²) < 4.78 is 0. The number of nitrogens with zero attached hydrogens (tertiary/aromatic N) is 1. The van der Waals surface area contributed by atoms with Crippen LogP contribution in [-0.4, -0.2) is 48.2 Å². The van der Waals surface area contributed by atoms with E-state index in [9.17, 15) is 4.79 Å². The van der Waals surface area contributed by atoms with E-state index < -0.39 is 0 Å². The van der Waals surface area contributed by atoms with Gasteiger partial charge >= 0.3 is 0 Å². The van der Waals surface area contributed by atoms with E-state index in [0.717, 1.165) is 0 Å². The van der Waals surface area contributed by atoms with Crippen molar-refractivity contribution < 1.29 is 9.90 Å². The zero-order valence-electron chi connectivity index (χ0n) is 8.87. The first-order chi connectivity index (χ1) is 6.04. The van der Waals surface area contributed by atoms with E-state index in [1.54, 1.807) is 7.05 Å². The molecule has 0 heterocycles. The number of carbonyl (C=O) groups excluding carboxylic acids is 1. The predicted molar refractivity (Wildman–Crippen MR) is 52.5 cm³/mol. The van der Waals surface area contributed by atoms with Gasteiger partial charge in [-0.15, -0.1) is 0 Å². The molecular weight excluding hydrogens is 168 g/mol. The molecule has 0 saturated carbocycles. The summed E-state index contributed by atoms with van der Waals surface area (Å²) in [5, 5.41) is 11.4. The lowest BCUT2D eigenvalue weighted by molar-refractivity contribution is -0.126. The molecule has 0 aliphatic heterocycles. The van der Waals surface area contributed by atoms with Crippen molar-refractivity contribution in [3.8, 4) is 0 Å². The van der Waals surface area contributed by atoms with Crippen LogP contribution < -0.4 is 5.32 Å². The second-order valence-corrected chi connectivity index (χ2v) is 3.35. The molecule has 0 aromatic rings. The first-order valence-electron chi connectivity index (χ1n) is 4.62. The molecule has 1 atom stereocenters. The molecule has 1 amide bonds. The minimum Gasteiger partial charge on any atom is -0.395 e. The minimum atomic E-state index is -0.183. The van der Waals surface area contributed by atoms with Crippen LogP contribution in [0.25, 0.3) is 0 Å². The smallest absolute Gasteiger partial charge is 0.236 e. The van der Waals surface area contributed by atoms with Crippen molar-refractivity contribution in [2.24, 2.45) is 0 Å². The topological polar surface area (TPSA) is 52.6 Å². The lowest BCUT2D eigenvalue weighted by Gasteiger charge is -2.30. The molecule has 0 spiro atoms. The quantitative estimate of drug-likeness (QED) is 0.629. The van der Waals surface area contributed by atoms with Crippen LogP contribution in [0.4, 0.5) is 0 Å². The highest BCUT2D eigenvalue weighted by Gasteiger charge is 2.21. The Hall–Kier alpha value is -0.610. The van der Waals surface area contributed by atoms with E-state index in [2.05, 4.69) is 5.32 Å². The average Bonchev–Trinajstić information content (AvgIpc) is 2.11. The number of nitrogens with one attached hydrogen (secondary N) is 1. The van der Waals surface area contributed by atoms with E-state index >= 15 is 0 Å². The molecule has 0 saturated heterocycles. The van der Waals surface area contributed by atoms with Crippen LogP contribution in [0.5, 0.6) is 0 Å². The molecule has 0 bridgehead atoms. The summed E-state index contributed by atoms with van der Waals surface area (Å²) in [5.41, 5.74) is 0. The maximum Gasteiger partial charge on any atom is 0.236 e. The third kappa shape index (κ3) is 3.74. The van der Waals surface area contributed by atoms with Gasteiger partial charge in [0.05, 0.1) is 12.6 Å². The molecule has 4 heteroatoms. The number of likely N-dealkylation sites (N-methyl/N-ethyl adjacent to an activating group) is 1. The van der Waals surface area contributed by atoms with Gasteiger partial charge in [-0.2, -0.15) is 0 Å². The molecule has 2 N–H and O–H groups in total. The Kier molecular flexibility index (Phi) is 5.66. The number of aliphatic hydroxyl groups is 1. The lowest BCUT2D eigenvalue weighted by atomic mass is 10.2. The van der Waals surface area contributed by atoms with E-state index in [-0.39, 0.29) is 24.6 Å². The summed E-state index contributed by atoms with van der Waals surface area (Å²) in [4.78, 5) is 13.3. The zero-order chi connectivity index (χ0) is 10.4. The van der Waals surface area contributed by atoms with Crippen molar-refractivity contribution in [2.75, 3.05) is 20.2 Å². The van der Waals surface area contributed by atoms with Gasteiger partial charge in [0.1, 0.15) is 0 Å². The van der Waals surface area contributed by atoms with Gasteiger partial charge in [-0.1, -0.05) is 0 Å². The Morgan fingerprint density at radius 2 is 2.00 bits per heavy atom. The van der Waals surface area contributed by atoms with Crippen LogP contribution in [0, 0.1) is 0 Å². The summed E-state index contributed by atoms with van der Waals surface area (Å²) in [6.07, 6.45) is 0. The highest BCUT2D eigenvalue weighted by molar-refractivity contribution is 5.80. The van der Waals surface area contributed by atoms with Gasteiger partial charge in [0.25, 0.3) is 0 Å². The van der Waals surface area contributed by atoms with Gasteiger partial charge in [0.15, 0.2) is 0 Å². The molecule has 0 rings (SSSR count). The fourth-order valence-corrected chi connectivity index (χ4v) is 1.37. The van der Waals surface area contributed by atoms with Crippen molar-refractivity contribution >= 4 is 5.91 Å². The highest BCUT2D eigenvalue weighted by atomic mass is 16.3. The standard InChI is InChI=1S/C9H20N2O2/c1-7(2)11(5-6-12)8(3)9(13)10-4/h7-8,12H,5-6H2,1-4H3,(H,10,13). The number of carbonyl (C=O) groups is 1. The summed E-state index contributed by atoms with van der Waals surface area (Å²) in [6, 6.07) is 0.0802. The van der Waals surface area contributed by atoms with Gasteiger partial charge in [-0.05, 0) is 20.8 Å². The van der Waals surface area contributed by atoms with E-state index in [4.69, 9.17) is 5.11 Å². The van der Waals surface area contributed by atoms with E-state index in [0.29, 0.717) is 6.54 Å². The second-order valence-electron chi connectivity index (χ2n) is 3.35. The number of hydrogen-bond donors (Lipinski definition) is 2. The molecule has 0 aromatic carbocycles. The lowest BCUT2D eigenvalue weighted by Crippen LogP contribution is -2.48. The molecule has 0 aromatic heterocycles. The third-order valence-electron chi connectivity index (χ3n) is 2.14. The number of hydrogen-bond acceptors (Lipinski definition) is 3. The molecule has 4 nitrogen and oxygen atoms in total. The first kappa shape index (κ1) is 12.4. The van der Waals surface area contributed by atoms with Crippen LogP contribution in [0.3, 0.4) is 0 Å². The number of aliphatic hydroxyl groups excluding tert-OH is 1. The monoisotopic (exact) mass is 188 g/mol. The first-order valence-corrected chi connectivity index (χ1v) is 4.62. The van der Waals surface area contributed by atoms with E-state index in [1.807, 2.05) is 25.7 Å². The molecular formula is C9H20N2O2. The third-order valence-corrected chi connectivity index (χ3v) is 2.14. The number of rotatable bonds is 5. The van der Waals surface area contributed by atoms with E-state index in [1.165, 1.54) is 0 Å². The van der Waals surface area contributed by atoms with Crippen LogP contribution in [-0.2, 0) is 4.79 Å². The highest BCUT2D eigenvalue weighted by Crippen LogP contribution is 2.04. The fourth-order valence-electron chi connectivity index (χ4n) is 1.37. The Morgan fingerprint density at radius 3 is 2.31 bits per heavy atom. The van der Waals surface area contributed by atoms with Gasteiger partial charge in [-0.25, -0.2) is 0 Å². The molecule has 0 fully saturated rings. The maximum atomic E-state index is 11.3. The van der Waals surface area contributed by atoms with Gasteiger partial charge in [0, 0.05) is 19.6 Å². The Morgan fingerprint density at radius 1 is 1.46 bits per heavy atom. The Labute approximate surface area is 79.9 Å². The van der Waals surface area contributed by atoms with Crippen LogP contribution in [0.2, 0.25) is 0 Å². The molecule has 0 radical (unpaired) electrons. The van der Waals surface area contributed by atoms with Gasteiger partial charge in [-0.3, -0.25) is 9.69 Å². The summed E-state index contributed by atoms with van der Waals surface area (Å²) in [7, 11) is 1.62. The average molecular weight is 188 g/mol. The minimum absolute atomic E-state index is 0.0119. The van der Waals surface area contributed by atoms with Crippen molar-refractivity contribution in [3.05, 3.63) is 0 Å². The molecule has 13 heavy (non-hydrogen) atoms. The van der Waals surface area contributed by atoms with Gasteiger partial charge < -0.3 is 10.4 Å².